The van der Waals surface area contributed by atoms with E-state index in [2.05, 4.69) is 4.74 Å². The van der Waals surface area contributed by atoms with Gasteiger partial charge in [-0.2, -0.15) is 0 Å². The fourth-order valence-electron chi connectivity index (χ4n) is 2.14. The van der Waals surface area contributed by atoms with Crippen LogP contribution < -0.4 is 0 Å². The first kappa shape index (κ1) is 11.2. The molecule has 0 bridgehead atoms. The first-order valence-electron chi connectivity index (χ1n) is 4.87. The second kappa shape index (κ2) is 5.10. The van der Waals surface area contributed by atoms with Gasteiger partial charge in [0.1, 0.15) is 6.29 Å². The summed E-state index contributed by atoms with van der Waals surface area (Å²) >= 11 is 0. The van der Waals surface area contributed by atoms with Gasteiger partial charge in [-0.15, -0.1) is 0 Å². The number of esters is 1. The van der Waals surface area contributed by atoms with Gasteiger partial charge >= 0.3 is 5.97 Å². The van der Waals surface area contributed by atoms with E-state index >= 15 is 0 Å². The third-order valence-corrected chi connectivity index (χ3v) is 2.96. The van der Waals surface area contributed by atoms with Crippen molar-refractivity contribution in [2.24, 2.45) is 11.8 Å². The zero-order valence-corrected chi connectivity index (χ0v) is 8.31. The Morgan fingerprint density at radius 3 is 2.86 bits per heavy atom. The molecule has 0 saturated heterocycles. The van der Waals surface area contributed by atoms with Crippen molar-refractivity contribution < 1.29 is 19.4 Å². The Bertz CT molecular complexity index is 214. The number of hydrogen-bond donors (Lipinski definition) is 1. The Hall–Kier alpha value is -0.900. The van der Waals surface area contributed by atoms with Crippen LogP contribution in [0.15, 0.2) is 0 Å². The van der Waals surface area contributed by atoms with Crippen LogP contribution >= 0.6 is 0 Å². The van der Waals surface area contributed by atoms with E-state index in [0.29, 0.717) is 19.3 Å². The normalized spacial score (nSPS) is 31.4. The van der Waals surface area contributed by atoms with E-state index in [0.717, 1.165) is 12.7 Å². The molecule has 3 atom stereocenters. The van der Waals surface area contributed by atoms with Crippen LogP contribution in [0.25, 0.3) is 0 Å². The summed E-state index contributed by atoms with van der Waals surface area (Å²) in [6, 6.07) is 0. The molecule has 4 nitrogen and oxygen atoms in total. The Morgan fingerprint density at radius 2 is 2.29 bits per heavy atom. The van der Waals surface area contributed by atoms with Gasteiger partial charge < -0.3 is 14.6 Å². The van der Waals surface area contributed by atoms with E-state index in [1.807, 2.05) is 0 Å². The van der Waals surface area contributed by atoms with Gasteiger partial charge in [-0.05, 0) is 24.7 Å². The molecule has 14 heavy (non-hydrogen) atoms. The Kier molecular flexibility index (Phi) is 4.07. The van der Waals surface area contributed by atoms with Crippen molar-refractivity contribution in [1.29, 1.82) is 0 Å². The maximum Gasteiger partial charge on any atom is 0.305 e. The Labute approximate surface area is 83.2 Å². The SMILES string of the molecule is COC(=O)CC1CCC(O)C1CC=O. The molecule has 0 aromatic heterocycles. The van der Waals surface area contributed by atoms with Gasteiger partial charge in [-0.3, -0.25) is 4.79 Å². The highest BCUT2D eigenvalue weighted by molar-refractivity contribution is 5.69. The molecule has 1 aliphatic carbocycles. The van der Waals surface area contributed by atoms with Gasteiger partial charge in [0.25, 0.3) is 0 Å². The summed E-state index contributed by atoms with van der Waals surface area (Å²) in [6.07, 6.45) is 2.50. The van der Waals surface area contributed by atoms with Gasteiger partial charge in [-0.1, -0.05) is 0 Å². The van der Waals surface area contributed by atoms with E-state index in [4.69, 9.17) is 0 Å². The third-order valence-electron chi connectivity index (χ3n) is 2.96. The van der Waals surface area contributed by atoms with Crippen LogP contribution in [-0.4, -0.2) is 30.6 Å². The molecule has 1 rings (SSSR count). The fraction of sp³-hybridized carbons (Fsp3) is 0.800. The lowest BCUT2D eigenvalue weighted by molar-refractivity contribution is -0.142. The van der Waals surface area contributed by atoms with Crippen LogP contribution in [0.2, 0.25) is 0 Å². The summed E-state index contributed by atoms with van der Waals surface area (Å²) in [4.78, 5) is 21.4. The second-order valence-corrected chi connectivity index (χ2v) is 3.75. The van der Waals surface area contributed by atoms with Crippen LogP contribution in [0.4, 0.5) is 0 Å². The average Bonchev–Trinajstić information content (AvgIpc) is 2.50. The molecule has 0 amide bonds. The van der Waals surface area contributed by atoms with Gasteiger partial charge in [0.05, 0.1) is 13.2 Å². The highest BCUT2D eigenvalue weighted by Gasteiger charge is 2.35. The van der Waals surface area contributed by atoms with E-state index in [9.17, 15) is 14.7 Å². The minimum absolute atomic E-state index is 0.0633. The molecule has 1 saturated carbocycles. The number of carbonyl (C=O) groups is 2. The predicted molar refractivity (Wildman–Crippen MR) is 49.5 cm³/mol. The number of rotatable bonds is 4. The molecule has 0 spiro atoms. The maximum absolute atomic E-state index is 11.0. The maximum atomic E-state index is 11.0. The Balaban J connectivity index is 2.50. The summed E-state index contributed by atoms with van der Waals surface area (Å²) in [5, 5.41) is 9.57. The number of aliphatic hydroxyl groups is 1. The largest absolute Gasteiger partial charge is 0.469 e. The quantitative estimate of drug-likeness (QED) is 0.531. The van der Waals surface area contributed by atoms with Crippen LogP contribution in [0.3, 0.4) is 0 Å². The van der Waals surface area contributed by atoms with Crippen LogP contribution in [0.1, 0.15) is 25.7 Å². The van der Waals surface area contributed by atoms with Gasteiger partial charge in [-0.25, -0.2) is 0 Å². The molecule has 80 valence electrons. The van der Waals surface area contributed by atoms with Crippen LogP contribution in [0, 0.1) is 11.8 Å². The topological polar surface area (TPSA) is 63.6 Å². The highest BCUT2D eigenvalue weighted by Crippen LogP contribution is 2.36. The zero-order valence-electron chi connectivity index (χ0n) is 8.31. The predicted octanol–water partition coefficient (Wildman–Crippen LogP) is 0.526. The lowest BCUT2D eigenvalue weighted by Crippen LogP contribution is -2.22. The van der Waals surface area contributed by atoms with E-state index in [1.165, 1.54) is 7.11 Å². The second-order valence-electron chi connectivity index (χ2n) is 3.75. The molecule has 0 aromatic carbocycles. The van der Waals surface area contributed by atoms with Gasteiger partial charge in [0.15, 0.2) is 0 Å². The lowest BCUT2D eigenvalue weighted by atomic mass is 9.89. The van der Waals surface area contributed by atoms with Crippen molar-refractivity contribution in [1.82, 2.24) is 0 Å². The molecule has 0 heterocycles. The van der Waals surface area contributed by atoms with Gasteiger partial charge in [0, 0.05) is 12.8 Å². The zero-order chi connectivity index (χ0) is 10.6. The monoisotopic (exact) mass is 200 g/mol. The number of carbonyl (C=O) groups excluding carboxylic acids is 2. The summed E-state index contributed by atoms with van der Waals surface area (Å²) in [7, 11) is 1.35. The first-order chi connectivity index (χ1) is 6.69. The molecule has 0 aliphatic heterocycles. The van der Waals surface area contributed by atoms with Crippen LogP contribution in [-0.2, 0) is 14.3 Å². The minimum atomic E-state index is -0.435. The van der Waals surface area contributed by atoms with Gasteiger partial charge in [0.2, 0.25) is 0 Å². The van der Waals surface area contributed by atoms with Crippen molar-refractivity contribution in [3.05, 3.63) is 0 Å². The number of aliphatic hydroxyl groups excluding tert-OH is 1. The number of ether oxygens (including phenoxy) is 1. The molecule has 3 unspecified atom stereocenters. The standard InChI is InChI=1S/C10H16O4/c1-14-10(13)6-7-2-3-9(12)8(7)4-5-11/h5,7-9,12H,2-4,6H2,1H3. The smallest absolute Gasteiger partial charge is 0.305 e. The van der Waals surface area contributed by atoms with E-state index in [-0.39, 0.29) is 17.8 Å². The average molecular weight is 200 g/mol. The summed E-state index contributed by atoms with van der Waals surface area (Å²) < 4.78 is 4.56. The van der Waals surface area contributed by atoms with Crippen molar-refractivity contribution in [3.8, 4) is 0 Å². The molecule has 1 fully saturated rings. The minimum Gasteiger partial charge on any atom is -0.469 e. The lowest BCUT2D eigenvalue weighted by Gasteiger charge is -2.18. The number of aldehydes is 1. The van der Waals surface area contributed by atoms with Crippen molar-refractivity contribution >= 4 is 12.3 Å². The van der Waals surface area contributed by atoms with Crippen molar-refractivity contribution in [3.63, 3.8) is 0 Å². The highest BCUT2D eigenvalue weighted by atomic mass is 16.5. The number of hydrogen-bond acceptors (Lipinski definition) is 4. The number of methoxy groups -OCH3 is 1. The Morgan fingerprint density at radius 1 is 1.57 bits per heavy atom. The fourth-order valence-corrected chi connectivity index (χ4v) is 2.14. The summed E-state index contributed by atoms with van der Waals surface area (Å²) in [6.45, 7) is 0. The van der Waals surface area contributed by atoms with E-state index < -0.39 is 6.10 Å². The summed E-state index contributed by atoms with van der Waals surface area (Å²) in [5.74, 6) is -0.228. The molecule has 0 aromatic rings. The van der Waals surface area contributed by atoms with E-state index in [1.54, 1.807) is 0 Å². The molecular formula is C10H16O4. The molecule has 4 heteroatoms. The first-order valence-corrected chi connectivity index (χ1v) is 4.87. The van der Waals surface area contributed by atoms with Crippen molar-refractivity contribution in [2.45, 2.75) is 31.8 Å². The van der Waals surface area contributed by atoms with Crippen molar-refractivity contribution in [2.75, 3.05) is 7.11 Å². The molecule has 1 N–H and O–H groups in total. The van der Waals surface area contributed by atoms with Crippen LogP contribution in [0.5, 0.6) is 0 Å². The molecule has 0 radical (unpaired) electrons. The molecule has 1 aliphatic rings. The molecular weight excluding hydrogens is 184 g/mol. The summed E-state index contributed by atoms with van der Waals surface area (Å²) in [5.41, 5.74) is 0. The third kappa shape index (κ3) is 2.54.